The molecule has 1 heterocycles. The lowest BCUT2D eigenvalue weighted by Gasteiger charge is -2.12. The molecule has 6 heteroatoms. The number of nitrogens with one attached hydrogen (secondary N) is 1. The fourth-order valence-electron chi connectivity index (χ4n) is 3.70. The topological polar surface area (TPSA) is 65.4 Å². The molecule has 0 aliphatic rings. The van der Waals surface area contributed by atoms with Gasteiger partial charge in [-0.05, 0) is 55.0 Å². The van der Waals surface area contributed by atoms with Crippen molar-refractivity contribution >= 4 is 16.9 Å². The van der Waals surface area contributed by atoms with Crippen molar-refractivity contribution in [1.82, 2.24) is 14.9 Å². The molecule has 0 unspecified atom stereocenters. The first kappa shape index (κ1) is 21.4. The SMILES string of the molecule is COc1ccc(OCCn2c(CCNC(=O)c3ccccc3C)nc3ccccc32)cc1. The molecule has 1 N–H and O–H groups in total. The first-order valence-corrected chi connectivity index (χ1v) is 10.7. The smallest absolute Gasteiger partial charge is 0.251 e. The predicted molar refractivity (Wildman–Crippen MR) is 125 cm³/mol. The van der Waals surface area contributed by atoms with E-state index >= 15 is 0 Å². The zero-order chi connectivity index (χ0) is 22.3. The third-order valence-electron chi connectivity index (χ3n) is 5.40. The summed E-state index contributed by atoms with van der Waals surface area (Å²) in [7, 11) is 1.64. The van der Waals surface area contributed by atoms with E-state index in [9.17, 15) is 4.79 Å². The second-order valence-electron chi connectivity index (χ2n) is 7.51. The van der Waals surface area contributed by atoms with Crippen molar-refractivity contribution in [1.29, 1.82) is 0 Å². The standard InChI is InChI=1S/C26H27N3O3/c1-19-7-3-4-8-22(19)26(30)27-16-15-25-28-23-9-5-6-10-24(23)29(25)17-18-32-21-13-11-20(31-2)12-14-21/h3-14H,15-18H2,1-2H3,(H,27,30). The number of hydrogen-bond donors (Lipinski definition) is 1. The summed E-state index contributed by atoms with van der Waals surface area (Å²) in [5, 5.41) is 3.02. The van der Waals surface area contributed by atoms with Gasteiger partial charge in [-0.15, -0.1) is 0 Å². The molecule has 1 aromatic heterocycles. The van der Waals surface area contributed by atoms with Crippen LogP contribution in [-0.4, -0.2) is 35.7 Å². The first-order valence-electron chi connectivity index (χ1n) is 10.7. The van der Waals surface area contributed by atoms with E-state index in [1.54, 1.807) is 7.11 Å². The highest BCUT2D eigenvalue weighted by molar-refractivity contribution is 5.95. The van der Waals surface area contributed by atoms with Crippen molar-refractivity contribution in [3.8, 4) is 11.5 Å². The quantitative estimate of drug-likeness (QED) is 0.428. The molecule has 164 valence electrons. The maximum absolute atomic E-state index is 12.5. The third kappa shape index (κ3) is 4.91. The number of hydrogen-bond acceptors (Lipinski definition) is 4. The van der Waals surface area contributed by atoms with Gasteiger partial charge in [-0.2, -0.15) is 0 Å². The van der Waals surface area contributed by atoms with Gasteiger partial charge in [0.05, 0.1) is 24.7 Å². The van der Waals surface area contributed by atoms with Crippen LogP contribution in [0.25, 0.3) is 11.0 Å². The van der Waals surface area contributed by atoms with Crippen LogP contribution in [0.1, 0.15) is 21.7 Å². The fraction of sp³-hybridized carbons (Fsp3) is 0.231. The number of amides is 1. The number of carbonyl (C=O) groups excluding carboxylic acids is 1. The summed E-state index contributed by atoms with van der Waals surface area (Å²) in [6.07, 6.45) is 0.634. The summed E-state index contributed by atoms with van der Waals surface area (Å²) in [5.41, 5.74) is 3.67. The summed E-state index contributed by atoms with van der Waals surface area (Å²) in [6.45, 7) is 3.62. The van der Waals surface area contributed by atoms with Crippen LogP contribution in [0.4, 0.5) is 0 Å². The molecule has 1 amide bonds. The van der Waals surface area contributed by atoms with Gasteiger partial charge in [-0.3, -0.25) is 4.79 Å². The summed E-state index contributed by atoms with van der Waals surface area (Å²) in [6, 6.07) is 23.2. The Morgan fingerprint density at radius 3 is 2.47 bits per heavy atom. The van der Waals surface area contributed by atoms with Crippen LogP contribution in [-0.2, 0) is 13.0 Å². The summed E-state index contributed by atoms with van der Waals surface area (Å²) >= 11 is 0. The van der Waals surface area contributed by atoms with Crippen LogP contribution in [0.3, 0.4) is 0 Å². The van der Waals surface area contributed by atoms with E-state index in [1.807, 2.05) is 73.7 Å². The lowest BCUT2D eigenvalue weighted by molar-refractivity contribution is 0.0953. The number of methoxy groups -OCH3 is 1. The van der Waals surface area contributed by atoms with Crippen LogP contribution in [0.5, 0.6) is 11.5 Å². The van der Waals surface area contributed by atoms with Crippen LogP contribution >= 0.6 is 0 Å². The van der Waals surface area contributed by atoms with E-state index in [2.05, 4.69) is 16.0 Å². The molecule has 3 aromatic carbocycles. The lowest BCUT2D eigenvalue weighted by Crippen LogP contribution is -2.27. The Hall–Kier alpha value is -3.80. The Balaban J connectivity index is 1.41. The Bertz CT molecular complexity index is 1200. The van der Waals surface area contributed by atoms with E-state index < -0.39 is 0 Å². The van der Waals surface area contributed by atoms with Crippen molar-refractivity contribution in [2.45, 2.75) is 19.9 Å². The number of benzene rings is 3. The van der Waals surface area contributed by atoms with Gasteiger partial charge in [-0.1, -0.05) is 30.3 Å². The second kappa shape index (κ2) is 10.0. The maximum atomic E-state index is 12.5. The van der Waals surface area contributed by atoms with Gasteiger partial charge in [0, 0.05) is 18.5 Å². The number of aryl methyl sites for hydroxylation is 1. The molecule has 4 aromatic rings. The predicted octanol–water partition coefficient (Wildman–Crippen LogP) is 4.40. The highest BCUT2D eigenvalue weighted by Crippen LogP contribution is 2.19. The van der Waals surface area contributed by atoms with Gasteiger partial charge >= 0.3 is 0 Å². The van der Waals surface area contributed by atoms with Crippen LogP contribution in [0, 0.1) is 6.92 Å². The third-order valence-corrected chi connectivity index (χ3v) is 5.40. The van der Waals surface area contributed by atoms with Gasteiger partial charge in [0.25, 0.3) is 5.91 Å². The van der Waals surface area contributed by atoms with Crippen molar-refractivity contribution in [2.75, 3.05) is 20.3 Å². The number of para-hydroxylation sites is 2. The van der Waals surface area contributed by atoms with E-state index in [0.717, 1.165) is 33.9 Å². The first-order chi connectivity index (χ1) is 15.7. The molecule has 0 aliphatic carbocycles. The van der Waals surface area contributed by atoms with Crippen molar-refractivity contribution < 1.29 is 14.3 Å². The van der Waals surface area contributed by atoms with Crippen LogP contribution < -0.4 is 14.8 Å². The molecule has 4 rings (SSSR count). The maximum Gasteiger partial charge on any atom is 0.251 e. The summed E-state index contributed by atoms with van der Waals surface area (Å²) in [5.74, 6) is 2.46. The van der Waals surface area contributed by atoms with E-state index in [-0.39, 0.29) is 5.91 Å². The Morgan fingerprint density at radius 1 is 0.969 bits per heavy atom. The van der Waals surface area contributed by atoms with Gasteiger partial charge in [0.15, 0.2) is 0 Å². The molecule has 0 bridgehead atoms. The number of carbonyl (C=O) groups is 1. The molecule has 6 nitrogen and oxygen atoms in total. The second-order valence-corrected chi connectivity index (χ2v) is 7.51. The average molecular weight is 430 g/mol. The Morgan fingerprint density at radius 2 is 1.69 bits per heavy atom. The van der Waals surface area contributed by atoms with Crippen molar-refractivity contribution in [3.63, 3.8) is 0 Å². The largest absolute Gasteiger partial charge is 0.497 e. The normalized spacial score (nSPS) is 10.8. The molecule has 0 saturated heterocycles. The molecule has 0 spiro atoms. The summed E-state index contributed by atoms with van der Waals surface area (Å²) < 4.78 is 13.3. The molecule has 0 saturated carbocycles. The fourth-order valence-corrected chi connectivity index (χ4v) is 3.70. The minimum atomic E-state index is -0.0615. The zero-order valence-corrected chi connectivity index (χ0v) is 18.4. The number of rotatable bonds is 9. The number of ether oxygens (including phenoxy) is 2. The molecular formula is C26H27N3O3. The number of nitrogens with zero attached hydrogens (tertiary/aromatic N) is 2. The van der Waals surface area contributed by atoms with Gasteiger partial charge in [0.2, 0.25) is 0 Å². The molecule has 0 radical (unpaired) electrons. The lowest BCUT2D eigenvalue weighted by atomic mass is 10.1. The Labute approximate surface area is 187 Å². The molecule has 0 fully saturated rings. The minimum Gasteiger partial charge on any atom is -0.497 e. The van der Waals surface area contributed by atoms with Gasteiger partial charge in [0.1, 0.15) is 23.9 Å². The highest BCUT2D eigenvalue weighted by Gasteiger charge is 2.12. The monoisotopic (exact) mass is 429 g/mol. The summed E-state index contributed by atoms with van der Waals surface area (Å²) in [4.78, 5) is 17.3. The molecular weight excluding hydrogens is 402 g/mol. The highest BCUT2D eigenvalue weighted by atomic mass is 16.5. The minimum absolute atomic E-state index is 0.0615. The van der Waals surface area contributed by atoms with E-state index in [1.165, 1.54) is 0 Å². The van der Waals surface area contributed by atoms with Crippen LogP contribution in [0.15, 0.2) is 72.8 Å². The molecule has 0 aliphatic heterocycles. The van der Waals surface area contributed by atoms with Crippen molar-refractivity contribution in [2.24, 2.45) is 0 Å². The van der Waals surface area contributed by atoms with Gasteiger partial charge in [-0.25, -0.2) is 4.98 Å². The van der Waals surface area contributed by atoms with Crippen molar-refractivity contribution in [3.05, 3.63) is 89.7 Å². The number of fused-ring (bicyclic) bond motifs is 1. The Kier molecular flexibility index (Phi) is 6.70. The average Bonchev–Trinajstić information content (AvgIpc) is 3.17. The van der Waals surface area contributed by atoms with E-state index in [0.29, 0.717) is 31.7 Å². The van der Waals surface area contributed by atoms with E-state index in [4.69, 9.17) is 14.5 Å². The molecule has 0 atom stereocenters. The number of aromatic nitrogens is 2. The number of imidazole rings is 1. The van der Waals surface area contributed by atoms with Crippen LogP contribution in [0.2, 0.25) is 0 Å². The zero-order valence-electron chi connectivity index (χ0n) is 18.4. The van der Waals surface area contributed by atoms with Gasteiger partial charge < -0.3 is 19.4 Å². The molecule has 32 heavy (non-hydrogen) atoms.